The number of benzene rings is 6. The zero-order valence-electron chi connectivity index (χ0n) is 36.1. The average Bonchev–Trinajstić information content (AvgIpc) is 3.18. The molecular formula is C37H28N6Na4O15S4. The van der Waals surface area contributed by atoms with Crippen LogP contribution in [0.1, 0.15) is 11.1 Å². The summed E-state index contributed by atoms with van der Waals surface area (Å²) in [6, 6.07) is 14.8. The number of aryl methyl sites for hydroxylation is 2. The van der Waals surface area contributed by atoms with E-state index in [0.717, 1.165) is 60.7 Å². The Hall–Kier alpha value is -2.45. The van der Waals surface area contributed by atoms with Crippen molar-refractivity contribution < 1.29 is 184 Å². The van der Waals surface area contributed by atoms with E-state index in [4.69, 9.17) is 9.47 Å². The molecule has 0 unspecified atom stereocenters. The van der Waals surface area contributed by atoms with Crippen molar-refractivity contribution in [2.75, 3.05) is 24.9 Å². The summed E-state index contributed by atoms with van der Waals surface area (Å²) >= 11 is 0. The summed E-state index contributed by atoms with van der Waals surface area (Å²) in [5, 5.41) is 21.8. The van der Waals surface area contributed by atoms with Crippen molar-refractivity contribution in [3.8, 4) is 11.5 Å². The first kappa shape index (κ1) is 59.7. The van der Waals surface area contributed by atoms with Crippen LogP contribution in [0, 0.1) is 13.8 Å². The summed E-state index contributed by atoms with van der Waals surface area (Å²) in [5.41, 5.74) is 0.892. The molecule has 0 heterocycles. The number of anilines is 2. The minimum absolute atomic E-state index is 0. The van der Waals surface area contributed by atoms with Gasteiger partial charge in [-0.2, -0.15) is 0 Å². The van der Waals surface area contributed by atoms with Crippen molar-refractivity contribution in [2.24, 2.45) is 20.5 Å². The molecule has 6 aromatic carbocycles. The second-order valence-corrected chi connectivity index (χ2v) is 18.6. The molecule has 2 N–H and O–H groups in total. The van der Waals surface area contributed by atoms with Gasteiger partial charge >= 0.3 is 124 Å². The van der Waals surface area contributed by atoms with Gasteiger partial charge in [-0.3, -0.25) is 0 Å². The van der Waals surface area contributed by atoms with E-state index >= 15 is 0 Å². The first-order chi connectivity index (χ1) is 28.8. The zero-order chi connectivity index (χ0) is 45.5. The number of fused-ring (bicyclic) bond motifs is 2. The third-order valence-corrected chi connectivity index (χ3v) is 12.3. The smallest absolute Gasteiger partial charge is 0.744 e. The molecule has 0 aliphatic rings. The Morgan fingerprint density at radius 1 is 0.455 bits per heavy atom. The van der Waals surface area contributed by atoms with Gasteiger partial charge in [0.2, 0.25) is 0 Å². The van der Waals surface area contributed by atoms with E-state index in [1.165, 1.54) is 38.5 Å². The van der Waals surface area contributed by atoms with Gasteiger partial charge < -0.3 is 38.3 Å². The molecule has 324 valence electrons. The fourth-order valence-electron chi connectivity index (χ4n) is 5.94. The molecule has 29 heteroatoms. The van der Waals surface area contributed by atoms with Gasteiger partial charge in [-0.1, -0.05) is 12.1 Å². The Labute approximate surface area is 466 Å². The molecule has 0 saturated carbocycles. The summed E-state index contributed by atoms with van der Waals surface area (Å²) in [7, 11) is -17.3. The number of methoxy groups -OCH3 is 2. The van der Waals surface area contributed by atoms with Gasteiger partial charge in [0.05, 0.1) is 45.2 Å². The summed E-state index contributed by atoms with van der Waals surface area (Å²) in [6.45, 7) is 3.19. The molecule has 21 nitrogen and oxygen atoms in total. The third-order valence-electron chi connectivity index (χ3n) is 8.99. The minimum Gasteiger partial charge on any atom is -0.744 e. The van der Waals surface area contributed by atoms with Crippen LogP contribution in [0.2, 0.25) is 0 Å². The molecule has 0 aliphatic carbocycles. The Kier molecular flexibility index (Phi) is 21.2. The van der Waals surface area contributed by atoms with E-state index < -0.39 is 66.1 Å². The Morgan fingerprint density at radius 3 is 1.08 bits per heavy atom. The van der Waals surface area contributed by atoms with Crippen LogP contribution >= 0.6 is 0 Å². The second kappa shape index (κ2) is 23.4. The first-order valence-corrected chi connectivity index (χ1v) is 22.8. The molecule has 6 rings (SSSR count). The van der Waals surface area contributed by atoms with Crippen LogP contribution in [-0.4, -0.2) is 72.1 Å². The quantitative estimate of drug-likeness (QED) is 0.0657. The van der Waals surface area contributed by atoms with Crippen molar-refractivity contribution in [1.82, 2.24) is 0 Å². The van der Waals surface area contributed by atoms with Gasteiger partial charge in [0, 0.05) is 34.3 Å². The maximum Gasteiger partial charge on any atom is 1.00 e. The molecule has 2 amide bonds. The van der Waals surface area contributed by atoms with E-state index in [1.807, 2.05) is 0 Å². The third kappa shape index (κ3) is 14.3. The van der Waals surface area contributed by atoms with Crippen molar-refractivity contribution >= 4 is 102 Å². The summed E-state index contributed by atoms with van der Waals surface area (Å²) in [6.07, 6.45) is 0. The van der Waals surface area contributed by atoms with Crippen LogP contribution in [-0.2, 0) is 40.5 Å². The Bertz CT molecular complexity index is 3180. The number of carbonyl (C=O) groups is 1. The van der Waals surface area contributed by atoms with Crippen LogP contribution < -0.4 is 138 Å². The number of azo groups is 2. The first-order valence-electron chi connectivity index (χ1n) is 17.1. The maximum atomic E-state index is 13.3. The molecule has 0 fully saturated rings. The minimum atomic E-state index is -5.00. The molecule has 0 atom stereocenters. The molecule has 0 aromatic heterocycles. The molecule has 0 aliphatic heterocycles. The molecule has 0 bridgehead atoms. The number of urea groups is 1. The van der Waals surface area contributed by atoms with Crippen molar-refractivity contribution in [1.29, 1.82) is 0 Å². The predicted octanol–water partition coefficient (Wildman–Crippen LogP) is -5.27. The molecule has 0 radical (unpaired) electrons. The van der Waals surface area contributed by atoms with Crippen LogP contribution in [0.4, 0.5) is 38.9 Å². The van der Waals surface area contributed by atoms with Crippen molar-refractivity contribution in [3.63, 3.8) is 0 Å². The molecular weight excluding hydrogens is 989 g/mol. The average molecular weight is 1020 g/mol. The van der Waals surface area contributed by atoms with Gasteiger partial charge in [-0.05, 0) is 96.4 Å². The number of rotatable bonds is 12. The van der Waals surface area contributed by atoms with Gasteiger partial charge in [0.15, 0.2) is 0 Å². The van der Waals surface area contributed by atoms with Crippen molar-refractivity contribution in [3.05, 3.63) is 96.1 Å². The van der Waals surface area contributed by atoms with Crippen LogP contribution in [0.5, 0.6) is 11.5 Å². The maximum absolute atomic E-state index is 13.3. The standard InChI is InChI=1S/C37H32N6O15S4.4Na/c1-19-9-33(42-40-31-15-25(61(51,52)53)11-21-5-7-23(13-27(21)31)59(45,46)47)35(57-3)17-29(19)38-37(44)39-30-18-36(58-4)34(10-20(30)2)43-41-32-16-26(62(54,55)56)12-22-6-8-24(14-28(22)32)60(48,49)50;;;;/h5-18H,1-4H3,(H2,38,39,44)(H,45,46,47)(H,48,49,50)(H,51,52,53)(H,54,55,56);;;;/q;4*+1/p-4. The number of ether oxygens (including phenoxy) is 2. The fourth-order valence-corrected chi connectivity index (χ4v) is 7.98. The van der Waals surface area contributed by atoms with Gasteiger partial charge in [-0.25, -0.2) is 38.5 Å². The van der Waals surface area contributed by atoms with Crippen LogP contribution in [0.15, 0.2) is 125 Å². The number of nitrogens with zero attached hydrogens (tertiary/aromatic N) is 4. The van der Waals surface area contributed by atoms with Crippen LogP contribution in [0.3, 0.4) is 0 Å². The van der Waals surface area contributed by atoms with E-state index in [2.05, 4.69) is 31.1 Å². The van der Waals surface area contributed by atoms with Gasteiger partial charge in [0.25, 0.3) is 0 Å². The van der Waals surface area contributed by atoms with E-state index in [-0.39, 0.29) is 185 Å². The number of amides is 2. The van der Waals surface area contributed by atoms with Gasteiger partial charge in [0.1, 0.15) is 63.3 Å². The topological polar surface area (TPSA) is 338 Å². The molecule has 66 heavy (non-hydrogen) atoms. The Morgan fingerprint density at radius 2 is 0.773 bits per heavy atom. The summed E-state index contributed by atoms with van der Waals surface area (Å²) < 4.78 is 152. The normalized spacial score (nSPS) is 11.9. The number of carbonyl (C=O) groups excluding carboxylic acids is 1. The number of hydrogen-bond acceptors (Lipinski definition) is 19. The molecule has 0 saturated heterocycles. The largest absolute Gasteiger partial charge is 1.00 e. The predicted molar refractivity (Wildman–Crippen MR) is 216 cm³/mol. The second-order valence-electron chi connectivity index (χ2n) is 13.1. The summed E-state index contributed by atoms with van der Waals surface area (Å²) in [4.78, 5) is 10.6. The van der Waals surface area contributed by atoms with E-state index in [1.54, 1.807) is 13.8 Å². The number of hydrogen-bond donors (Lipinski definition) is 2. The van der Waals surface area contributed by atoms with Gasteiger partial charge in [-0.15, -0.1) is 20.5 Å². The molecule has 0 spiro atoms. The molecule has 6 aromatic rings. The van der Waals surface area contributed by atoms with E-state index in [0.29, 0.717) is 11.1 Å². The van der Waals surface area contributed by atoms with Crippen LogP contribution in [0.25, 0.3) is 21.5 Å². The SMILES string of the molecule is COc1cc(NC(=O)Nc2cc(OC)c(N=Nc3cc(S(=O)(=O)[O-])cc4ccc(S(=O)(=O)[O-])cc34)cc2C)c(C)cc1N=Nc1cc(S(=O)(=O)[O-])cc2ccc(S(=O)(=O)[O-])cc12.[Na+].[Na+].[Na+].[Na+]. The number of nitrogens with one attached hydrogen (secondary N) is 2. The van der Waals surface area contributed by atoms with E-state index in [9.17, 15) is 56.7 Å². The summed E-state index contributed by atoms with van der Waals surface area (Å²) in [5.74, 6) is 0.109. The Balaban J connectivity index is 0.00000374. The monoisotopic (exact) mass is 1020 g/mol. The zero-order valence-corrected chi connectivity index (χ0v) is 47.4. The van der Waals surface area contributed by atoms with Crippen molar-refractivity contribution in [2.45, 2.75) is 33.4 Å². The fraction of sp³-hybridized carbons (Fsp3) is 0.108.